The monoisotopic (exact) mass is 291 g/mol. The van der Waals surface area contributed by atoms with Gasteiger partial charge < -0.3 is 10.6 Å². The largest absolute Gasteiger partial charge is 0.368 e. The van der Waals surface area contributed by atoms with Crippen molar-refractivity contribution >= 4 is 17.4 Å². The molecule has 21 heavy (non-hydrogen) atoms. The number of halogens is 2. The van der Waals surface area contributed by atoms with Gasteiger partial charge in [-0.15, -0.1) is 0 Å². The summed E-state index contributed by atoms with van der Waals surface area (Å²) in [6.07, 6.45) is 0. The molecule has 2 N–H and O–H groups in total. The molecule has 0 unspecified atom stereocenters. The molecule has 1 heterocycles. The average molecular weight is 291 g/mol. The third kappa shape index (κ3) is 3.75. The zero-order chi connectivity index (χ0) is 15.4. The summed E-state index contributed by atoms with van der Waals surface area (Å²) in [5.41, 5.74) is -0.408. The molecule has 0 aliphatic rings. The number of rotatable bonds is 4. The smallest absolute Gasteiger partial charge is 0.274 e. The molecule has 0 fully saturated rings. The number of nitrogens with one attached hydrogen (secondary N) is 2. The van der Waals surface area contributed by atoms with E-state index in [-0.39, 0.29) is 11.7 Å². The Morgan fingerprint density at radius 1 is 1.10 bits per heavy atom. The lowest BCUT2D eigenvalue weighted by atomic mass is 10.2. The van der Waals surface area contributed by atoms with E-state index in [1.165, 1.54) is 12.1 Å². The van der Waals surface area contributed by atoms with Crippen molar-refractivity contribution in [3.05, 3.63) is 53.7 Å². The van der Waals surface area contributed by atoms with Crippen LogP contribution in [0.1, 0.15) is 24.3 Å². The first-order valence-corrected chi connectivity index (χ1v) is 6.46. The lowest BCUT2D eigenvalue weighted by molar-refractivity contribution is 0.102. The third-order valence-electron chi connectivity index (χ3n) is 2.62. The molecule has 0 bridgehead atoms. The van der Waals surface area contributed by atoms with E-state index in [1.807, 2.05) is 13.8 Å². The predicted octanol–water partition coefficient (Wildman–Crippen LogP) is 3.43. The Labute approximate surface area is 121 Å². The van der Waals surface area contributed by atoms with Crippen LogP contribution in [0.3, 0.4) is 0 Å². The highest BCUT2D eigenvalue weighted by Crippen LogP contribution is 2.19. The van der Waals surface area contributed by atoms with Crippen LogP contribution < -0.4 is 10.6 Å². The van der Waals surface area contributed by atoms with Crippen molar-refractivity contribution in [3.8, 4) is 0 Å². The molecular weight excluding hydrogens is 276 g/mol. The Balaban J connectivity index is 2.21. The van der Waals surface area contributed by atoms with Crippen molar-refractivity contribution in [3.63, 3.8) is 0 Å². The normalized spacial score (nSPS) is 10.5. The Hall–Kier alpha value is -2.50. The van der Waals surface area contributed by atoms with Crippen LogP contribution in [0, 0.1) is 11.6 Å². The number of aromatic nitrogens is 1. The van der Waals surface area contributed by atoms with Crippen molar-refractivity contribution in [2.75, 3.05) is 10.6 Å². The minimum absolute atomic E-state index is 0.0725. The van der Waals surface area contributed by atoms with E-state index in [9.17, 15) is 13.6 Å². The summed E-state index contributed by atoms with van der Waals surface area (Å²) in [4.78, 5) is 16.1. The van der Waals surface area contributed by atoms with Crippen molar-refractivity contribution in [1.82, 2.24) is 4.98 Å². The third-order valence-corrected chi connectivity index (χ3v) is 2.62. The predicted molar refractivity (Wildman–Crippen MR) is 77.3 cm³/mol. The molecule has 0 saturated heterocycles. The summed E-state index contributed by atoms with van der Waals surface area (Å²) in [6, 6.07) is 8.35. The standard InChI is InChI=1S/C15H15F2N3O/c1-9(2)18-13-8-4-7-12(19-13)15(21)20-14-10(16)5-3-6-11(14)17/h3-9H,1-2H3,(H,18,19)(H,20,21). The van der Waals surface area contributed by atoms with Gasteiger partial charge in [-0.05, 0) is 38.1 Å². The zero-order valence-electron chi connectivity index (χ0n) is 11.7. The Bertz CT molecular complexity index is 639. The van der Waals surface area contributed by atoms with Gasteiger partial charge in [-0.3, -0.25) is 4.79 Å². The minimum atomic E-state index is -0.834. The molecule has 110 valence electrons. The highest BCUT2D eigenvalue weighted by molar-refractivity contribution is 6.03. The molecule has 2 aromatic rings. The number of anilines is 2. The quantitative estimate of drug-likeness (QED) is 0.907. The topological polar surface area (TPSA) is 54.0 Å². The number of hydrogen-bond donors (Lipinski definition) is 2. The second kappa shape index (κ2) is 6.30. The number of para-hydroxylation sites is 1. The van der Waals surface area contributed by atoms with Crippen LogP contribution >= 0.6 is 0 Å². The summed E-state index contributed by atoms with van der Waals surface area (Å²) in [6.45, 7) is 3.87. The van der Waals surface area contributed by atoms with Crippen LogP contribution in [0.5, 0.6) is 0 Å². The van der Waals surface area contributed by atoms with Gasteiger partial charge in [-0.1, -0.05) is 12.1 Å². The molecule has 1 aromatic carbocycles. The molecule has 0 radical (unpaired) electrons. The van der Waals surface area contributed by atoms with Gasteiger partial charge >= 0.3 is 0 Å². The van der Waals surface area contributed by atoms with E-state index >= 15 is 0 Å². The molecule has 0 aliphatic carbocycles. The van der Waals surface area contributed by atoms with E-state index in [4.69, 9.17) is 0 Å². The molecule has 1 aromatic heterocycles. The summed E-state index contributed by atoms with van der Waals surface area (Å²) >= 11 is 0. The Morgan fingerprint density at radius 3 is 2.33 bits per heavy atom. The second-order valence-corrected chi connectivity index (χ2v) is 4.76. The van der Waals surface area contributed by atoms with Gasteiger partial charge in [-0.25, -0.2) is 13.8 Å². The van der Waals surface area contributed by atoms with Gasteiger partial charge in [0.1, 0.15) is 28.8 Å². The number of nitrogens with zero attached hydrogens (tertiary/aromatic N) is 1. The van der Waals surface area contributed by atoms with E-state index in [0.29, 0.717) is 5.82 Å². The fraction of sp³-hybridized carbons (Fsp3) is 0.200. The highest BCUT2D eigenvalue weighted by atomic mass is 19.1. The number of carbonyl (C=O) groups is 1. The molecule has 6 heteroatoms. The zero-order valence-corrected chi connectivity index (χ0v) is 11.7. The van der Waals surface area contributed by atoms with E-state index < -0.39 is 23.2 Å². The van der Waals surface area contributed by atoms with Gasteiger partial charge in [0.05, 0.1) is 0 Å². The van der Waals surface area contributed by atoms with E-state index in [0.717, 1.165) is 12.1 Å². The second-order valence-electron chi connectivity index (χ2n) is 4.76. The van der Waals surface area contributed by atoms with Gasteiger partial charge in [0.25, 0.3) is 5.91 Å². The minimum Gasteiger partial charge on any atom is -0.368 e. The first kappa shape index (κ1) is 14.9. The molecule has 1 amide bonds. The average Bonchev–Trinajstić information content (AvgIpc) is 2.42. The van der Waals surface area contributed by atoms with Crippen LogP contribution in [0.25, 0.3) is 0 Å². The van der Waals surface area contributed by atoms with Crippen LogP contribution in [0.4, 0.5) is 20.3 Å². The SMILES string of the molecule is CC(C)Nc1cccc(C(=O)Nc2c(F)cccc2F)n1. The molecule has 4 nitrogen and oxygen atoms in total. The van der Waals surface area contributed by atoms with Crippen molar-refractivity contribution in [2.45, 2.75) is 19.9 Å². The molecular formula is C15H15F2N3O. The van der Waals surface area contributed by atoms with Crippen molar-refractivity contribution in [1.29, 1.82) is 0 Å². The van der Waals surface area contributed by atoms with E-state index in [2.05, 4.69) is 15.6 Å². The van der Waals surface area contributed by atoms with Crippen molar-refractivity contribution in [2.24, 2.45) is 0 Å². The van der Waals surface area contributed by atoms with Crippen LogP contribution in [0.15, 0.2) is 36.4 Å². The summed E-state index contributed by atoms with van der Waals surface area (Å²) in [5, 5.41) is 5.24. The lowest BCUT2D eigenvalue weighted by Crippen LogP contribution is -2.17. The maximum absolute atomic E-state index is 13.5. The highest BCUT2D eigenvalue weighted by Gasteiger charge is 2.14. The first-order valence-electron chi connectivity index (χ1n) is 6.46. The number of benzene rings is 1. The lowest BCUT2D eigenvalue weighted by Gasteiger charge is -2.11. The number of pyridine rings is 1. The molecule has 0 atom stereocenters. The summed E-state index contributed by atoms with van der Waals surface area (Å²) in [5.74, 6) is -1.82. The fourth-order valence-electron chi connectivity index (χ4n) is 1.73. The fourth-order valence-corrected chi connectivity index (χ4v) is 1.73. The van der Waals surface area contributed by atoms with Gasteiger partial charge in [0.15, 0.2) is 0 Å². The van der Waals surface area contributed by atoms with Crippen molar-refractivity contribution < 1.29 is 13.6 Å². The van der Waals surface area contributed by atoms with Crippen LogP contribution in [-0.4, -0.2) is 16.9 Å². The van der Waals surface area contributed by atoms with E-state index in [1.54, 1.807) is 12.1 Å². The van der Waals surface area contributed by atoms with Gasteiger partial charge in [0.2, 0.25) is 0 Å². The maximum Gasteiger partial charge on any atom is 0.274 e. The Morgan fingerprint density at radius 2 is 1.71 bits per heavy atom. The molecule has 2 rings (SSSR count). The maximum atomic E-state index is 13.5. The summed E-state index contributed by atoms with van der Waals surface area (Å²) < 4.78 is 27.0. The number of amides is 1. The molecule has 0 aliphatic heterocycles. The Kier molecular flexibility index (Phi) is 4.47. The first-order chi connectivity index (χ1) is 9.97. The van der Waals surface area contributed by atoms with Crippen LogP contribution in [-0.2, 0) is 0 Å². The van der Waals surface area contributed by atoms with Gasteiger partial charge in [-0.2, -0.15) is 0 Å². The molecule has 0 saturated carbocycles. The van der Waals surface area contributed by atoms with Gasteiger partial charge in [0, 0.05) is 6.04 Å². The number of hydrogen-bond acceptors (Lipinski definition) is 3. The molecule has 0 spiro atoms. The summed E-state index contributed by atoms with van der Waals surface area (Å²) in [7, 11) is 0. The van der Waals surface area contributed by atoms with Crippen LogP contribution in [0.2, 0.25) is 0 Å². The number of carbonyl (C=O) groups excluding carboxylic acids is 1.